The van der Waals surface area contributed by atoms with E-state index in [4.69, 9.17) is 22.1 Å². The zero-order valence-electron chi connectivity index (χ0n) is 13.6. The number of carbonyl (C=O) groups is 1. The zero-order chi connectivity index (χ0) is 18.0. The molecule has 1 aromatic heterocycles. The van der Waals surface area contributed by atoms with E-state index in [1.807, 2.05) is 4.57 Å². The smallest absolute Gasteiger partial charge is 0.341 e. The Morgan fingerprint density at radius 1 is 1.40 bits per heavy atom. The average molecular weight is 366 g/mol. The molecule has 8 heteroatoms. The Bertz CT molecular complexity index is 861. The number of fused-ring (bicyclic) bond motifs is 1. The number of anilines is 1. The van der Waals surface area contributed by atoms with Gasteiger partial charge in [-0.25, -0.2) is 4.79 Å². The van der Waals surface area contributed by atoms with Gasteiger partial charge >= 0.3 is 5.97 Å². The summed E-state index contributed by atoms with van der Waals surface area (Å²) < 4.78 is 7.14. The molecule has 0 saturated heterocycles. The van der Waals surface area contributed by atoms with E-state index < -0.39 is 11.4 Å². The molecule has 134 valence electrons. The number of carboxylic acid groups (broad SMARTS) is 1. The van der Waals surface area contributed by atoms with Crippen LogP contribution in [0.25, 0.3) is 10.9 Å². The van der Waals surface area contributed by atoms with Crippen molar-refractivity contribution in [3.63, 3.8) is 0 Å². The van der Waals surface area contributed by atoms with Crippen molar-refractivity contribution in [3.05, 3.63) is 39.1 Å². The number of halogens is 1. The van der Waals surface area contributed by atoms with Gasteiger partial charge in [0.25, 0.3) is 0 Å². The molecule has 0 spiro atoms. The lowest BCUT2D eigenvalue weighted by molar-refractivity contribution is 0.0695. The Hall–Kier alpha value is -2.09. The highest BCUT2D eigenvalue weighted by Crippen LogP contribution is 2.38. The summed E-state index contributed by atoms with van der Waals surface area (Å²) in [6, 6.07) is 3.56. The first kappa shape index (κ1) is 17.7. The van der Waals surface area contributed by atoms with Gasteiger partial charge in [0.05, 0.1) is 29.4 Å². The number of rotatable bonds is 8. The van der Waals surface area contributed by atoms with Crippen molar-refractivity contribution in [2.75, 3.05) is 31.6 Å². The Kier molecular flexibility index (Phi) is 5.27. The number of hydrogen-bond donors (Lipinski definition) is 3. The van der Waals surface area contributed by atoms with E-state index in [-0.39, 0.29) is 11.6 Å². The maximum absolute atomic E-state index is 12.5. The molecule has 2 aromatic rings. The number of aromatic nitrogens is 1. The predicted octanol–water partition coefficient (Wildman–Crippen LogP) is 2.08. The normalized spacial score (nSPS) is 14.0. The minimum Gasteiger partial charge on any atom is -0.477 e. The largest absolute Gasteiger partial charge is 0.477 e. The summed E-state index contributed by atoms with van der Waals surface area (Å²) in [5.74, 6) is -1.22. The minimum absolute atomic E-state index is 0.223. The van der Waals surface area contributed by atoms with Gasteiger partial charge in [0.15, 0.2) is 0 Å². The second-order valence-corrected chi connectivity index (χ2v) is 6.40. The Balaban J connectivity index is 1.98. The fourth-order valence-corrected chi connectivity index (χ4v) is 2.98. The van der Waals surface area contributed by atoms with Crippen LogP contribution in [0.15, 0.2) is 23.1 Å². The molecule has 0 unspecified atom stereocenters. The fourth-order valence-electron chi connectivity index (χ4n) is 2.76. The highest BCUT2D eigenvalue weighted by Gasteiger charge is 2.27. The first-order valence-electron chi connectivity index (χ1n) is 8.16. The van der Waals surface area contributed by atoms with Gasteiger partial charge in [0.2, 0.25) is 5.43 Å². The molecule has 7 nitrogen and oxygen atoms in total. The van der Waals surface area contributed by atoms with Gasteiger partial charge in [-0.1, -0.05) is 11.6 Å². The molecule has 0 amide bonds. The minimum atomic E-state index is -1.22. The number of hydrogen-bond acceptors (Lipinski definition) is 5. The maximum Gasteiger partial charge on any atom is 0.341 e. The second kappa shape index (κ2) is 7.43. The number of nitrogens with one attached hydrogen (secondary N) is 1. The summed E-state index contributed by atoms with van der Waals surface area (Å²) >= 11 is 6.34. The molecule has 1 heterocycles. The third-order valence-electron chi connectivity index (χ3n) is 4.12. The van der Waals surface area contributed by atoms with E-state index in [1.165, 1.54) is 6.20 Å². The van der Waals surface area contributed by atoms with Crippen molar-refractivity contribution in [2.45, 2.75) is 18.9 Å². The van der Waals surface area contributed by atoms with Crippen LogP contribution in [0.3, 0.4) is 0 Å². The summed E-state index contributed by atoms with van der Waals surface area (Å²) in [6.45, 7) is 1.88. The summed E-state index contributed by atoms with van der Waals surface area (Å²) in [5.41, 5.74) is 5.87. The van der Waals surface area contributed by atoms with Crippen LogP contribution in [-0.4, -0.2) is 41.9 Å². The molecule has 1 saturated carbocycles. The van der Waals surface area contributed by atoms with Crippen molar-refractivity contribution in [3.8, 4) is 0 Å². The summed E-state index contributed by atoms with van der Waals surface area (Å²) in [5, 5.41) is 13.3. The molecule has 1 aromatic carbocycles. The van der Waals surface area contributed by atoms with Crippen LogP contribution in [0.4, 0.5) is 5.69 Å². The van der Waals surface area contributed by atoms with E-state index >= 15 is 0 Å². The van der Waals surface area contributed by atoms with E-state index in [0.29, 0.717) is 47.9 Å². The predicted molar refractivity (Wildman–Crippen MR) is 96.8 cm³/mol. The zero-order valence-corrected chi connectivity index (χ0v) is 14.4. The van der Waals surface area contributed by atoms with Crippen molar-refractivity contribution < 1.29 is 14.6 Å². The molecule has 0 radical (unpaired) electrons. The third-order valence-corrected chi connectivity index (χ3v) is 4.43. The van der Waals surface area contributed by atoms with Crippen LogP contribution in [0, 0.1) is 0 Å². The van der Waals surface area contributed by atoms with Gasteiger partial charge < -0.3 is 25.5 Å². The lowest BCUT2D eigenvalue weighted by atomic mass is 10.1. The molecule has 1 aliphatic carbocycles. The highest BCUT2D eigenvalue weighted by molar-refractivity contribution is 6.34. The van der Waals surface area contributed by atoms with Crippen LogP contribution >= 0.6 is 11.6 Å². The van der Waals surface area contributed by atoms with Crippen LogP contribution in [-0.2, 0) is 4.74 Å². The number of nitrogens with two attached hydrogens (primary N) is 1. The molecule has 0 atom stereocenters. The standard InChI is InChI=1S/C17H20ClN3O4/c18-13-8-15-11(7-14(13)20-4-6-25-5-3-19)16(22)12(17(23)24)9-21(15)10-1-2-10/h7-10,20H,1-6,19H2,(H,23,24). The number of carboxylic acids is 1. The maximum atomic E-state index is 12.5. The molecule has 25 heavy (non-hydrogen) atoms. The fraction of sp³-hybridized carbons (Fsp3) is 0.412. The molecule has 1 fully saturated rings. The first-order valence-corrected chi connectivity index (χ1v) is 8.54. The van der Waals surface area contributed by atoms with Crippen molar-refractivity contribution >= 4 is 34.2 Å². The van der Waals surface area contributed by atoms with Crippen LogP contribution in [0.1, 0.15) is 29.2 Å². The van der Waals surface area contributed by atoms with E-state index in [0.717, 1.165) is 12.8 Å². The molecule has 0 bridgehead atoms. The van der Waals surface area contributed by atoms with Crippen LogP contribution < -0.4 is 16.5 Å². The van der Waals surface area contributed by atoms with Gasteiger partial charge in [-0.15, -0.1) is 0 Å². The summed E-state index contributed by atoms with van der Waals surface area (Å²) in [6.07, 6.45) is 3.36. The van der Waals surface area contributed by atoms with E-state index in [1.54, 1.807) is 12.1 Å². The lowest BCUT2D eigenvalue weighted by Crippen LogP contribution is -2.19. The summed E-state index contributed by atoms with van der Waals surface area (Å²) in [4.78, 5) is 23.9. The van der Waals surface area contributed by atoms with Crippen molar-refractivity contribution in [1.82, 2.24) is 4.57 Å². The van der Waals surface area contributed by atoms with Crippen molar-refractivity contribution in [1.29, 1.82) is 0 Å². The Labute approximate surface area is 149 Å². The number of nitrogens with zero attached hydrogens (tertiary/aromatic N) is 1. The number of pyridine rings is 1. The lowest BCUT2D eigenvalue weighted by Gasteiger charge is -2.15. The molecule has 3 rings (SSSR count). The topological polar surface area (TPSA) is 107 Å². The summed E-state index contributed by atoms with van der Waals surface area (Å²) in [7, 11) is 0. The van der Waals surface area contributed by atoms with Crippen molar-refractivity contribution in [2.24, 2.45) is 5.73 Å². The van der Waals surface area contributed by atoms with Gasteiger partial charge in [0.1, 0.15) is 5.56 Å². The highest BCUT2D eigenvalue weighted by atomic mass is 35.5. The van der Waals surface area contributed by atoms with Crippen LogP contribution in [0.5, 0.6) is 0 Å². The quantitative estimate of drug-likeness (QED) is 0.618. The molecular weight excluding hydrogens is 346 g/mol. The molecule has 1 aliphatic rings. The monoisotopic (exact) mass is 365 g/mol. The van der Waals surface area contributed by atoms with E-state index in [2.05, 4.69) is 5.32 Å². The number of ether oxygens (including phenoxy) is 1. The number of benzene rings is 1. The molecule has 0 aliphatic heterocycles. The van der Waals surface area contributed by atoms with Crippen LogP contribution in [0.2, 0.25) is 5.02 Å². The Morgan fingerprint density at radius 2 is 2.16 bits per heavy atom. The second-order valence-electron chi connectivity index (χ2n) is 5.99. The van der Waals surface area contributed by atoms with Gasteiger partial charge in [-0.2, -0.15) is 0 Å². The van der Waals surface area contributed by atoms with Gasteiger partial charge in [-0.3, -0.25) is 4.79 Å². The Morgan fingerprint density at radius 3 is 2.80 bits per heavy atom. The first-order chi connectivity index (χ1) is 12.0. The average Bonchev–Trinajstić information content (AvgIpc) is 3.40. The molecule has 4 N–H and O–H groups in total. The van der Waals surface area contributed by atoms with Gasteiger partial charge in [-0.05, 0) is 25.0 Å². The third kappa shape index (κ3) is 3.78. The van der Waals surface area contributed by atoms with Gasteiger partial charge in [0, 0.05) is 30.7 Å². The SMILES string of the molecule is NCCOCCNc1cc2c(=O)c(C(=O)O)cn(C3CC3)c2cc1Cl. The molecular formula is C17H20ClN3O4. The van der Waals surface area contributed by atoms with E-state index in [9.17, 15) is 14.7 Å². The number of aromatic carboxylic acids is 1.